The SMILES string of the molecule is FC(F)(F)c1ccc2c(c1)[C@@H]1C=CC[C@H]1[C@@H](c1ccccn1)N2. The molecule has 0 spiro atoms. The van der Waals surface area contributed by atoms with Gasteiger partial charge in [-0.3, -0.25) is 4.98 Å². The van der Waals surface area contributed by atoms with Gasteiger partial charge in [-0.15, -0.1) is 0 Å². The van der Waals surface area contributed by atoms with Crippen molar-refractivity contribution in [1.29, 1.82) is 0 Å². The van der Waals surface area contributed by atoms with Gasteiger partial charge in [-0.25, -0.2) is 0 Å². The Bertz CT molecular complexity index is 753. The van der Waals surface area contributed by atoms with E-state index in [0.29, 0.717) is 0 Å². The molecule has 0 saturated heterocycles. The maximum absolute atomic E-state index is 13.0. The fourth-order valence-corrected chi connectivity index (χ4v) is 3.62. The molecule has 23 heavy (non-hydrogen) atoms. The average Bonchev–Trinajstić information content (AvgIpc) is 3.03. The molecule has 0 saturated carbocycles. The first-order valence-corrected chi connectivity index (χ1v) is 7.59. The van der Waals surface area contributed by atoms with Crippen LogP contribution in [0.2, 0.25) is 0 Å². The molecule has 2 heterocycles. The summed E-state index contributed by atoms with van der Waals surface area (Å²) in [5, 5.41) is 3.39. The molecule has 0 radical (unpaired) electrons. The van der Waals surface area contributed by atoms with Crippen molar-refractivity contribution >= 4 is 5.69 Å². The van der Waals surface area contributed by atoms with E-state index in [1.165, 1.54) is 12.1 Å². The lowest BCUT2D eigenvalue weighted by Gasteiger charge is -2.37. The lowest BCUT2D eigenvalue weighted by molar-refractivity contribution is -0.137. The molecule has 1 aromatic heterocycles. The fraction of sp³-hybridized carbons (Fsp3) is 0.278. The molecule has 3 atom stereocenters. The Labute approximate surface area is 132 Å². The maximum Gasteiger partial charge on any atom is 0.416 e. The zero-order valence-corrected chi connectivity index (χ0v) is 12.2. The van der Waals surface area contributed by atoms with Crippen molar-refractivity contribution in [3.05, 3.63) is 71.6 Å². The number of nitrogens with zero attached hydrogens (tertiary/aromatic N) is 1. The number of fused-ring (bicyclic) bond motifs is 3. The second-order valence-electron chi connectivity index (χ2n) is 6.03. The summed E-state index contributed by atoms with van der Waals surface area (Å²) >= 11 is 0. The van der Waals surface area contributed by atoms with Gasteiger partial charge < -0.3 is 5.32 Å². The summed E-state index contributed by atoms with van der Waals surface area (Å²) in [6, 6.07) is 9.73. The highest BCUT2D eigenvalue weighted by Crippen LogP contribution is 2.50. The summed E-state index contributed by atoms with van der Waals surface area (Å²) in [5.41, 5.74) is 1.83. The van der Waals surface area contributed by atoms with Crippen molar-refractivity contribution in [1.82, 2.24) is 4.98 Å². The van der Waals surface area contributed by atoms with E-state index in [4.69, 9.17) is 0 Å². The third kappa shape index (κ3) is 2.40. The normalized spacial score (nSPS) is 25.6. The van der Waals surface area contributed by atoms with Crippen LogP contribution < -0.4 is 5.32 Å². The van der Waals surface area contributed by atoms with Crippen molar-refractivity contribution in [2.45, 2.75) is 24.6 Å². The lowest BCUT2D eigenvalue weighted by atomic mass is 9.77. The minimum absolute atomic E-state index is 0.000515. The summed E-state index contributed by atoms with van der Waals surface area (Å²) in [6.45, 7) is 0. The quantitative estimate of drug-likeness (QED) is 0.755. The first-order valence-electron chi connectivity index (χ1n) is 7.59. The first-order chi connectivity index (χ1) is 11.0. The van der Waals surface area contributed by atoms with Gasteiger partial charge in [0.25, 0.3) is 0 Å². The molecular weight excluding hydrogens is 301 g/mol. The zero-order chi connectivity index (χ0) is 16.0. The second-order valence-corrected chi connectivity index (χ2v) is 6.03. The van der Waals surface area contributed by atoms with Crippen molar-refractivity contribution in [2.75, 3.05) is 5.32 Å². The van der Waals surface area contributed by atoms with Crippen molar-refractivity contribution in [3.63, 3.8) is 0 Å². The molecule has 0 bridgehead atoms. The monoisotopic (exact) mass is 316 g/mol. The van der Waals surface area contributed by atoms with Crippen molar-refractivity contribution < 1.29 is 13.2 Å². The first kappa shape index (κ1) is 14.3. The summed E-state index contributed by atoms with van der Waals surface area (Å²) in [5.74, 6) is 0.196. The number of allylic oxidation sites excluding steroid dienone is 2. The summed E-state index contributed by atoms with van der Waals surface area (Å²) < 4.78 is 39.0. The van der Waals surface area contributed by atoms with Gasteiger partial charge in [-0.1, -0.05) is 18.2 Å². The van der Waals surface area contributed by atoms with Gasteiger partial charge in [0, 0.05) is 17.8 Å². The van der Waals surface area contributed by atoms with Gasteiger partial charge in [0.1, 0.15) is 0 Å². The molecule has 4 rings (SSSR count). The fourth-order valence-electron chi connectivity index (χ4n) is 3.62. The number of aromatic nitrogens is 1. The van der Waals surface area contributed by atoms with Crippen LogP contribution in [0.15, 0.2) is 54.7 Å². The van der Waals surface area contributed by atoms with Gasteiger partial charge >= 0.3 is 6.18 Å². The van der Waals surface area contributed by atoms with Crippen LogP contribution in [-0.2, 0) is 6.18 Å². The van der Waals surface area contributed by atoms with Gasteiger partial charge in [-0.05, 0) is 48.2 Å². The standard InChI is InChI=1S/C18H15F3N2/c19-18(20,21)11-7-8-15-14(10-11)12-4-3-5-13(12)17(23-15)16-6-1-2-9-22-16/h1-4,6-10,12-13,17,23H,5H2/t12-,13-,17+/m1/s1. The summed E-state index contributed by atoms with van der Waals surface area (Å²) in [4.78, 5) is 4.42. The average molecular weight is 316 g/mol. The molecule has 5 heteroatoms. The van der Waals surface area contributed by atoms with Crippen molar-refractivity contribution in [2.24, 2.45) is 5.92 Å². The molecule has 2 aromatic rings. The molecule has 2 nitrogen and oxygen atoms in total. The minimum Gasteiger partial charge on any atom is -0.376 e. The molecule has 0 unspecified atom stereocenters. The van der Waals surface area contributed by atoms with E-state index in [0.717, 1.165) is 29.4 Å². The van der Waals surface area contributed by atoms with Gasteiger partial charge in [0.05, 0.1) is 17.3 Å². The van der Waals surface area contributed by atoms with Gasteiger partial charge in [-0.2, -0.15) is 13.2 Å². The van der Waals surface area contributed by atoms with Crippen LogP contribution in [0.1, 0.15) is 35.2 Å². The number of pyridine rings is 1. The Morgan fingerprint density at radius 3 is 2.74 bits per heavy atom. The van der Waals surface area contributed by atoms with E-state index in [-0.39, 0.29) is 17.9 Å². The number of anilines is 1. The summed E-state index contributed by atoms with van der Waals surface area (Å²) in [7, 11) is 0. The van der Waals surface area contributed by atoms with E-state index in [2.05, 4.69) is 16.4 Å². The minimum atomic E-state index is -4.31. The highest BCUT2D eigenvalue weighted by Gasteiger charge is 2.40. The molecule has 118 valence electrons. The molecule has 1 aliphatic carbocycles. The van der Waals surface area contributed by atoms with E-state index in [1.807, 2.05) is 24.3 Å². The second kappa shape index (κ2) is 5.11. The maximum atomic E-state index is 13.0. The van der Waals surface area contributed by atoms with Crippen LogP contribution in [0.4, 0.5) is 18.9 Å². The third-order valence-corrected chi connectivity index (χ3v) is 4.70. The Balaban J connectivity index is 1.78. The van der Waals surface area contributed by atoms with Crippen LogP contribution in [0.25, 0.3) is 0 Å². The molecule has 1 aliphatic heterocycles. The third-order valence-electron chi connectivity index (χ3n) is 4.70. The molecule has 2 aliphatic rings. The number of hydrogen-bond donors (Lipinski definition) is 1. The topological polar surface area (TPSA) is 24.9 Å². The Morgan fingerprint density at radius 2 is 2.00 bits per heavy atom. The zero-order valence-electron chi connectivity index (χ0n) is 12.2. The van der Waals surface area contributed by atoms with Crippen LogP contribution in [0, 0.1) is 5.92 Å². The summed E-state index contributed by atoms with van der Waals surface area (Å²) in [6.07, 6.45) is 2.36. The number of nitrogens with one attached hydrogen (secondary N) is 1. The molecule has 0 amide bonds. The number of rotatable bonds is 1. The molecule has 1 N–H and O–H groups in total. The Morgan fingerprint density at radius 1 is 1.13 bits per heavy atom. The van der Waals surface area contributed by atoms with Gasteiger partial charge in [0.2, 0.25) is 0 Å². The van der Waals surface area contributed by atoms with E-state index < -0.39 is 11.7 Å². The van der Waals surface area contributed by atoms with E-state index >= 15 is 0 Å². The predicted molar refractivity (Wildman–Crippen MR) is 82.0 cm³/mol. The lowest BCUT2D eigenvalue weighted by Crippen LogP contribution is -2.30. The van der Waals surface area contributed by atoms with Crippen LogP contribution >= 0.6 is 0 Å². The smallest absolute Gasteiger partial charge is 0.376 e. The van der Waals surface area contributed by atoms with Crippen LogP contribution in [-0.4, -0.2) is 4.98 Å². The number of benzene rings is 1. The van der Waals surface area contributed by atoms with Gasteiger partial charge in [0.15, 0.2) is 0 Å². The number of halogens is 3. The number of alkyl halides is 3. The molecular formula is C18H15F3N2. The largest absolute Gasteiger partial charge is 0.416 e. The van der Waals surface area contributed by atoms with E-state index in [1.54, 1.807) is 6.20 Å². The Hall–Kier alpha value is -2.30. The van der Waals surface area contributed by atoms with E-state index in [9.17, 15) is 13.2 Å². The Kier molecular flexibility index (Phi) is 3.18. The van der Waals surface area contributed by atoms with Crippen LogP contribution in [0.5, 0.6) is 0 Å². The van der Waals surface area contributed by atoms with Crippen LogP contribution in [0.3, 0.4) is 0 Å². The highest BCUT2D eigenvalue weighted by atomic mass is 19.4. The number of hydrogen-bond acceptors (Lipinski definition) is 2. The predicted octanol–water partition coefficient (Wildman–Crippen LogP) is 4.93. The molecule has 1 aromatic carbocycles. The van der Waals surface area contributed by atoms with Crippen molar-refractivity contribution in [3.8, 4) is 0 Å². The highest BCUT2D eigenvalue weighted by molar-refractivity contribution is 5.60. The molecule has 0 fully saturated rings.